The second-order valence-electron chi connectivity index (χ2n) is 2.97. The summed E-state index contributed by atoms with van der Waals surface area (Å²) in [6, 6.07) is 0. The van der Waals surface area contributed by atoms with Gasteiger partial charge in [0.15, 0.2) is 0 Å². The van der Waals surface area contributed by atoms with Crippen LogP contribution in [0.3, 0.4) is 0 Å². The summed E-state index contributed by atoms with van der Waals surface area (Å²) in [5.41, 5.74) is 0. The first-order valence-electron chi connectivity index (χ1n) is 5.26. The maximum atomic E-state index is 11.1. The van der Waals surface area contributed by atoms with Crippen molar-refractivity contribution in [1.29, 1.82) is 0 Å². The molecule has 14 heavy (non-hydrogen) atoms. The Labute approximate surface area is 86.6 Å². The van der Waals surface area contributed by atoms with Crippen molar-refractivity contribution in [2.45, 2.75) is 39.5 Å². The molecule has 0 radical (unpaired) electrons. The zero-order chi connectivity index (χ0) is 10.6. The second-order valence-corrected chi connectivity index (χ2v) is 2.97. The van der Waals surface area contributed by atoms with Crippen LogP contribution in [0.1, 0.15) is 39.5 Å². The van der Waals surface area contributed by atoms with Crippen molar-refractivity contribution in [2.75, 3.05) is 6.61 Å². The molecule has 0 aromatic heterocycles. The molecule has 0 aromatic carbocycles. The molecule has 0 saturated heterocycles. The molecule has 2 nitrogen and oxygen atoms in total. The normalized spacial score (nSPS) is 11.3. The highest BCUT2D eigenvalue weighted by Gasteiger charge is 1.96. The molecule has 0 aromatic rings. The molecule has 0 atom stereocenters. The number of rotatable bonds is 7. The number of allylic oxidation sites excluding steroid dienone is 2. The van der Waals surface area contributed by atoms with Gasteiger partial charge in [-0.1, -0.05) is 38.2 Å². The Bertz CT molecular complexity index is 192. The summed E-state index contributed by atoms with van der Waals surface area (Å²) < 4.78 is 4.99. The highest BCUT2D eigenvalue weighted by Crippen LogP contribution is 1.93. The molecule has 0 unspecified atom stereocenters. The third-order valence-corrected chi connectivity index (χ3v) is 1.64. The molecule has 0 amide bonds. The molecule has 2 heteroatoms. The summed E-state index contributed by atoms with van der Waals surface area (Å²) in [6.45, 7) is 4.62. The first-order valence-corrected chi connectivity index (χ1v) is 5.26. The predicted octanol–water partition coefficient (Wildman–Crippen LogP) is 3.24. The van der Waals surface area contributed by atoms with Crippen molar-refractivity contribution in [3.05, 3.63) is 24.3 Å². The van der Waals surface area contributed by atoms with Gasteiger partial charge in [0.05, 0.1) is 13.0 Å². The van der Waals surface area contributed by atoms with Crippen molar-refractivity contribution >= 4 is 5.97 Å². The molecule has 0 aliphatic carbocycles. The standard InChI is InChI=1S/C12H20O2/c1-3-5-7-9-11-14-12(13)10-8-6-4-2/h5-8H,3-4,9-11H2,1-2H3/b7-5+,8-6+. The lowest BCUT2D eigenvalue weighted by atomic mass is 10.3. The van der Waals surface area contributed by atoms with Crippen molar-refractivity contribution in [3.63, 3.8) is 0 Å². The highest BCUT2D eigenvalue weighted by molar-refractivity contribution is 5.71. The van der Waals surface area contributed by atoms with E-state index in [4.69, 9.17) is 4.74 Å². The summed E-state index contributed by atoms with van der Waals surface area (Å²) in [6.07, 6.45) is 11.1. The maximum Gasteiger partial charge on any atom is 0.309 e. The van der Waals surface area contributed by atoms with Crippen molar-refractivity contribution in [1.82, 2.24) is 0 Å². The molecule has 0 rings (SSSR count). The summed E-state index contributed by atoms with van der Waals surface area (Å²) >= 11 is 0. The Morgan fingerprint density at radius 2 is 1.71 bits per heavy atom. The van der Waals surface area contributed by atoms with Gasteiger partial charge in [-0.05, 0) is 19.3 Å². The van der Waals surface area contributed by atoms with Crippen LogP contribution in [-0.4, -0.2) is 12.6 Å². The van der Waals surface area contributed by atoms with Gasteiger partial charge >= 0.3 is 5.97 Å². The Hall–Kier alpha value is -1.05. The number of ether oxygens (including phenoxy) is 1. The van der Waals surface area contributed by atoms with Crippen LogP contribution < -0.4 is 0 Å². The Morgan fingerprint density at radius 1 is 1.07 bits per heavy atom. The van der Waals surface area contributed by atoms with E-state index in [1.807, 2.05) is 25.2 Å². The molecule has 80 valence electrons. The molecule has 0 heterocycles. The molecule has 0 aliphatic rings. The van der Waals surface area contributed by atoms with Crippen molar-refractivity contribution < 1.29 is 9.53 Å². The van der Waals surface area contributed by atoms with Crippen LogP contribution in [0, 0.1) is 0 Å². The largest absolute Gasteiger partial charge is 0.465 e. The minimum absolute atomic E-state index is 0.139. The van der Waals surface area contributed by atoms with E-state index in [0.29, 0.717) is 13.0 Å². The maximum absolute atomic E-state index is 11.1. The van der Waals surface area contributed by atoms with Gasteiger partial charge in [0.2, 0.25) is 0 Å². The van der Waals surface area contributed by atoms with E-state index < -0.39 is 0 Å². The van der Waals surface area contributed by atoms with Gasteiger partial charge in [0, 0.05) is 0 Å². The fourth-order valence-electron chi connectivity index (χ4n) is 0.930. The van der Waals surface area contributed by atoms with Crippen molar-refractivity contribution in [3.8, 4) is 0 Å². The first-order chi connectivity index (χ1) is 6.81. The summed E-state index contributed by atoms with van der Waals surface area (Å²) in [5.74, 6) is -0.139. The van der Waals surface area contributed by atoms with Gasteiger partial charge in [-0.3, -0.25) is 4.79 Å². The molecule has 0 spiro atoms. The SMILES string of the molecule is CC/C=C/CCOC(=O)C/C=C/CC. The molecule has 0 bridgehead atoms. The van der Waals surface area contributed by atoms with Gasteiger partial charge in [-0.15, -0.1) is 0 Å². The third-order valence-electron chi connectivity index (χ3n) is 1.64. The van der Waals surface area contributed by atoms with E-state index in [0.717, 1.165) is 19.3 Å². The highest BCUT2D eigenvalue weighted by atomic mass is 16.5. The van der Waals surface area contributed by atoms with Gasteiger partial charge < -0.3 is 4.74 Å². The van der Waals surface area contributed by atoms with E-state index in [1.165, 1.54) is 0 Å². The van der Waals surface area contributed by atoms with Gasteiger partial charge in [0.1, 0.15) is 0 Å². The van der Waals surface area contributed by atoms with E-state index in [2.05, 4.69) is 13.0 Å². The fraction of sp³-hybridized carbons (Fsp3) is 0.583. The van der Waals surface area contributed by atoms with Crippen LogP contribution in [0.15, 0.2) is 24.3 Å². The lowest BCUT2D eigenvalue weighted by Crippen LogP contribution is -2.03. The predicted molar refractivity (Wildman–Crippen MR) is 59.1 cm³/mol. The average Bonchev–Trinajstić information content (AvgIpc) is 2.18. The quantitative estimate of drug-likeness (QED) is 0.355. The zero-order valence-electron chi connectivity index (χ0n) is 9.16. The Balaban J connectivity index is 3.35. The molecular formula is C12H20O2. The van der Waals surface area contributed by atoms with Crippen LogP contribution in [0.5, 0.6) is 0 Å². The lowest BCUT2D eigenvalue weighted by molar-refractivity contribution is -0.142. The molecule has 0 aliphatic heterocycles. The topological polar surface area (TPSA) is 26.3 Å². The smallest absolute Gasteiger partial charge is 0.309 e. The number of hydrogen-bond donors (Lipinski definition) is 0. The summed E-state index contributed by atoms with van der Waals surface area (Å²) in [4.78, 5) is 11.1. The Morgan fingerprint density at radius 3 is 2.36 bits per heavy atom. The molecular weight excluding hydrogens is 176 g/mol. The third kappa shape index (κ3) is 9.04. The van der Waals surface area contributed by atoms with Crippen LogP contribution >= 0.6 is 0 Å². The van der Waals surface area contributed by atoms with E-state index in [9.17, 15) is 4.79 Å². The van der Waals surface area contributed by atoms with Crippen LogP contribution in [-0.2, 0) is 9.53 Å². The first kappa shape index (κ1) is 12.9. The van der Waals surface area contributed by atoms with E-state index in [-0.39, 0.29) is 5.97 Å². The molecule has 0 saturated carbocycles. The summed E-state index contributed by atoms with van der Waals surface area (Å²) in [5, 5.41) is 0. The van der Waals surface area contributed by atoms with Crippen LogP contribution in [0.2, 0.25) is 0 Å². The fourth-order valence-corrected chi connectivity index (χ4v) is 0.930. The van der Waals surface area contributed by atoms with Crippen LogP contribution in [0.25, 0.3) is 0 Å². The van der Waals surface area contributed by atoms with E-state index in [1.54, 1.807) is 0 Å². The average molecular weight is 196 g/mol. The molecule has 0 N–H and O–H groups in total. The summed E-state index contributed by atoms with van der Waals surface area (Å²) in [7, 11) is 0. The van der Waals surface area contributed by atoms with E-state index >= 15 is 0 Å². The number of esters is 1. The number of hydrogen-bond acceptors (Lipinski definition) is 2. The molecule has 0 fully saturated rings. The van der Waals surface area contributed by atoms with Gasteiger partial charge in [0.25, 0.3) is 0 Å². The number of carbonyl (C=O) groups excluding carboxylic acids is 1. The van der Waals surface area contributed by atoms with Crippen LogP contribution in [0.4, 0.5) is 0 Å². The second kappa shape index (κ2) is 10.0. The Kier molecular flexibility index (Phi) is 9.28. The lowest BCUT2D eigenvalue weighted by Gasteiger charge is -1.99. The minimum Gasteiger partial charge on any atom is -0.465 e. The monoisotopic (exact) mass is 196 g/mol. The van der Waals surface area contributed by atoms with Gasteiger partial charge in [-0.2, -0.15) is 0 Å². The van der Waals surface area contributed by atoms with Gasteiger partial charge in [-0.25, -0.2) is 0 Å². The zero-order valence-corrected chi connectivity index (χ0v) is 9.16. The number of carbonyl (C=O) groups is 1. The van der Waals surface area contributed by atoms with Crippen molar-refractivity contribution in [2.24, 2.45) is 0 Å². The minimum atomic E-state index is -0.139.